The largest absolute Gasteiger partial charge is 0.493 e. The second-order valence-corrected chi connectivity index (χ2v) is 8.21. The minimum absolute atomic E-state index is 0.0271. The van der Waals surface area contributed by atoms with Crippen molar-refractivity contribution in [3.05, 3.63) is 48.3 Å². The number of carbonyl (C=O) groups is 3. The first-order valence-corrected chi connectivity index (χ1v) is 11.7. The van der Waals surface area contributed by atoms with Crippen molar-refractivity contribution in [1.82, 2.24) is 10.3 Å². The molecule has 4 atom stereocenters. The van der Waals surface area contributed by atoms with Gasteiger partial charge in [-0.2, -0.15) is 0 Å². The third-order valence-electron chi connectivity index (χ3n) is 5.45. The number of nitrogens with zero attached hydrogens (tertiary/aromatic N) is 1. The molecule has 1 aromatic heterocycles. The van der Waals surface area contributed by atoms with Gasteiger partial charge in [-0.05, 0) is 38.3 Å². The maximum Gasteiger partial charge on any atom is 0.328 e. The highest BCUT2D eigenvalue weighted by molar-refractivity contribution is 5.98. The van der Waals surface area contributed by atoms with Crippen LogP contribution in [-0.4, -0.2) is 55.0 Å². The number of pyridine rings is 1. The van der Waals surface area contributed by atoms with E-state index in [4.69, 9.17) is 23.7 Å². The van der Waals surface area contributed by atoms with Crippen molar-refractivity contribution in [1.29, 1.82) is 0 Å². The summed E-state index contributed by atoms with van der Waals surface area (Å²) in [6.45, 7) is 8.11. The zero-order valence-electron chi connectivity index (χ0n) is 21.5. The minimum Gasteiger partial charge on any atom is -0.493 e. The average molecular weight is 503 g/mol. The smallest absolute Gasteiger partial charge is 0.328 e. The van der Waals surface area contributed by atoms with E-state index in [9.17, 15) is 14.4 Å². The predicted molar refractivity (Wildman–Crippen MR) is 131 cm³/mol. The van der Waals surface area contributed by atoms with Crippen LogP contribution >= 0.6 is 0 Å². The van der Waals surface area contributed by atoms with Crippen molar-refractivity contribution >= 4 is 17.8 Å². The van der Waals surface area contributed by atoms with Crippen molar-refractivity contribution in [2.45, 2.75) is 59.3 Å². The van der Waals surface area contributed by atoms with E-state index in [0.29, 0.717) is 5.75 Å². The first-order chi connectivity index (χ1) is 17.2. The summed E-state index contributed by atoms with van der Waals surface area (Å²) in [5, 5.41) is 2.56. The van der Waals surface area contributed by atoms with Gasteiger partial charge in [0.25, 0.3) is 5.91 Å². The number of carbonyl (C=O) groups excluding carboxylic acids is 3. The molecular formula is C26H34N2O8. The van der Waals surface area contributed by atoms with Gasteiger partial charge in [0.2, 0.25) is 6.79 Å². The lowest BCUT2D eigenvalue weighted by Crippen LogP contribution is -2.44. The number of rotatable bonds is 13. The Bertz CT molecular complexity index is 1010. The molecule has 0 radical (unpaired) electrons. The molecule has 0 unspecified atom stereocenters. The Balaban J connectivity index is 2.08. The van der Waals surface area contributed by atoms with Gasteiger partial charge in [0, 0.05) is 19.2 Å². The molecule has 2 aromatic rings. The SMILES string of the molecule is CC[C@H](C)[C@@H](Oc1ccccc1)[C@H](C)OC(=O)[C@H](C)NC(=O)c1nccc(OC)c1OCOC(C)=O. The van der Waals surface area contributed by atoms with Crippen molar-refractivity contribution in [2.75, 3.05) is 13.9 Å². The average Bonchev–Trinajstić information content (AvgIpc) is 2.86. The summed E-state index contributed by atoms with van der Waals surface area (Å²) >= 11 is 0. The zero-order valence-corrected chi connectivity index (χ0v) is 21.5. The van der Waals surface area contributed by atoms with Crippen LogP contribution in [0.4, 0.5) is 0 Å². The molecule has 1 heterocycles. The molecular weight excluding hydrogens is 468 g/mol. The Morgan fingerprint density at radius 1 is 1.06 bits per heavy atom. The molecule has 0 saturated carbocycles. The number of ether oxygens (including phenoxy) is 5. The Hall–Kier alpha value is -3.82. The summed E-state index contributed by atoms with van der Waals surface area (Å²) in [7, 11) is 1.39. The van der Waals surface area contributed by atoms with E-state index in [1.165, 1.54) is 33.2 Å². The molecule has 0 fully saturated rings. The molecule has 1 amide bonds. The molecule has 1 aromatic carbocycles. The van der Waals surface area contributed by atoms with Gasteiger partial charge >= 0.3 is 11.9 Å². The van der Waals surface area contributed by atoms with Crippen molar-refractivity contribution in [2.24, 2.45) is 5.92 Å². The van der Waals surface area contributed by atoms with Gasteiger partial charge in [-0.25, -0.2) is 9.78 Å². The minimum atomic E-state index is -0.997. The van der Waals surface area contributed by atoms with Crippen molar-refractivity contribution in [3.63, 3.8) is 0 Å². The molecule has 10 nitrogen and oxygen atoms in total. The van der Waals surface area contributed by atoms with E-state index in [1.54, 1.807) is 6.92 Å². The fourth-order valence-corrected chi connectivity index (χ4v) is 3.30. The lowest BCUT2D eigenvalue weighted by molar-refractivity contribution is -0.156. The van der Waals surface area contributed by atoms with Gasteiger partial charge < -0.3 is 29.0 Å². The number of amides is 1. The highest BCUT2D eigenvalue weighted by Crippen LogP contribution is 2.29. The van der Waals surface area contributed by atoms with Crippen LogP contribution in [0.1, 0.15) is 51.5 Å². The van der Waals surface area contributed by atoms with E-state index in [1.807, 2.05) is 44.2 Å². The highest BCUT2D eigenvalue weighted by Gasteiger charge is 2.30. The van der Waals surface area contributed by atoms with Crippen LogP contribution in [0, 0.1) is 5.92 Å². The summed E-state index contributed by atoms with van der Waals surface area (Å²) in [6, 6.07) is 9.81. The Morgan fingerprint density at radius 3 is 2.36 bits per heavy atom. The lowest BCUT2D eigenvalue weighted by atomic mass is 9.97. The third kappa shape index (κ3) is 8.14. The van der Waals surface area contributed by atoms with Gasteiger partial charge in [-0.15, -0.1) is 0 Å². The molecule has 0 bridgehead atoms. The molecule has 0 aliphatic heterocycles. The van der Waals surface area contributed by atoms with Gasteiger partial charge in [-0.1, -0.05) is 32.0 Å². The number of esters is 2. The quantitative estimate of drug-likeness (QED) is 0.324. The fraction of sp³-hybridized carbons (Fsp3) is 0.462. The number of para-hydroxylation sites is 1. The van der Waals surface area contributed by atoms with E-state index < -0.39 is 36.8 Å². The summed E-state index contributed by atoms with van der Waals surface area (Å²) in [4.78, 5) is 40.8. The number of benzene rings is 1. The molecule has 10 heteroatoms. The van der Waals surface area contributed by atoms with Gasteiger partial charge in [0.1, 0.15) is 24.0 Å². The molecule has 0 aliphatic rings. The van der Waals surface area contributed by atoms with Gasteiger partial charge in [0.15, 0.2) is 17.2 Å². The summed E-state index contributed by atoms with van der Waals surface area (Å²) in [5.41, 5.74) is -0.140. The molecule has 2 rings (SSSR count). The summed E-state index contributed by atoms with van der Waals surface area (Å²) in [5.74, 6) is -0.912. The second-order valence-electron chi connectivity index (χ2n) is 8.21. The van der Waals surface area contributed by atoms with E-state index >= 15 is 0 Å². The number of methoxy groups -OCH3 is 1. The van der Waals surface area contributed by atoms with Crippen LogP contribution in [-0.2, 0) is 19.1 Å². The van der Waals surface area contributed by atoms with E-state index in [-0.39, 0.29) is 29.2 Å². The monoisotopic (exact) mass is 502 g/mol. The maximum absolute atomic E-state index is 12.9. The topological polar surface area (TPSA) is 122 Å². The van der Waals surface area contributed by atoms with Gasteiger partial charge in [0.05, 0.1) is 7.11 Å². The molecule has 0 aliphatic carbocycles. The summed E-state index contributed by atoms with van der Waals surface area (Å²) in [6.07, 6.45) is 1.22. The van der Waals surface area contributed by atoms with E-state index in [2.05, 4.69) is 10.3 Å². The zero-order chi connectivity index (χ0) is 26.7. The van der Waals surface area contributed by atoms with Crippen LogP contribution < -0.4 is 19.5 Å². The lowest BCUT2D eigenvalue weighted by Gasteiger charge is -2.30. The predicted octanol–water partition coefficient (Wildman–Crippen LogP) is 3.53. The standard InChI is InChI=1S/C26H34N2O8/c1-7-16(2)23(36-20-11-9-8-10-12-20)18(4)35-26(31)17(3)28-25(30)22-24(34-15-33-19(5)29)21(32-6)13-14-27-22/h8-14,16-18,23H,7,15H2,1-6H3,(H,28,30)/t16-,17-,18-,23+/m0/s1. The second kappa shape index (κ2) is 13.9. The normalized spacial score (nSPS) is 13.9. The maximum atomic E-state index is 12.9. The van der Waals surface area contributed by atoms with Crippen LogP contribution in [0.25, 0.3) is 0 Å². The number of aromatic nitrogens is 1. The first-order valence-electron chi connectivity index (χ1n) is 11.7. The molecule has 196 valence electrons. The number of hydrogen-bond donors (Lipinski definition) is 1. The fourth-order valence-electron chi connectivity index (χ4n) is 3.30. The molecule has 0 spiro atoms. The Labute approximate surface area is 211 Å². The number of hydrogen-bond acceptors (Lipinski definition) is 9. The van der Waals surface area contributed by atoms with E-state index in [0.717, 1.165) is 6.42 Å². The van der Waals surface area contributed by atoms with Crippen LogP contribution in [0.15, 0.2) is 42.6 Å². The van der Waals surface area contributed by atoms with Crippen LogP contribution in [0.2, 0.25) is 0 Å². The summed E-state index contributed by atoms with van der Waals surface area (Å²) < 4.78 is 27.2. The van der Waals surface area contributed by atoms with Crippen molar-refractivity contribution < 1.29 is 38.1 Å². The molecule has 36 heavy (non-hydrogen) atoms. The van der Waals surface area contributed by atoms with Crippen molar-refractivity contribution in [3.8, 4) is 17.2 Å². The molecule has 0 saturated heterocycles. The van der Waals surface area contributed by atoms with Crippen LogP contribution in [0.3, 0.4) is 0 Å². The Kier molecular flexibility index (Phi) is 11.0. The van der Waals surface area contributed by atoms with Crippen LogP contribution in [0.5, 0.6) is 17.2 Å². The van der Waals surface area contributed by atoms with Gasteiger partial charge in [-0.3, -0.25) is 9.59 Å². The Morgan fingerprint density at radius 2 is 1.75 bits per heavy atom. The number of nitrogens with one attached hydrogen (secondary N) is 1. The highest BCUT2D eigenvalue weighted by atomic mass is 16.7. The first kappa shape index (κ1) is 28.4. The molecule has 1 N–H and O–H groups in total. The third-order valence-corrected chi connectivity index (χ3v) is 5.45.